The first-order valence-electron chi connectivity index (χ1n) is 3.80. The molecule has 0 aliphatic rings. The first-order chi connectivity index (χ1) is 6.16. The largest absolute Gasteiger partial charge is 0.504 e. The summed E-state index contributed by atoms with van der Waals surface area (Å²) >= 11 is 0. The van der Waals surface area contributed by atoms with E-state index in [-0.39, 0.29) is 30.3 Å². The zero-order valence-corrected chi connectivity index (χ0v) is 8.16. The van der Waals surface area contributed by atoms with Gasteiger partial charge in [0.25, 0.3) is 0 Å². The lowest BCUT2D eigenvalue weighted by Gasteiger charge is -2.10. The summed E-state index contributed by atoms with van der Waals surface area (Å²) < 4.78 is 0. The second kappa shape index (κ2) is 5.32. The third kappa shape index (κ3) is 2.52. The normalized spacial score (nSPS) is 11.1. The highest BCUT2D eigenvalue weighted by Gasteiger charge is 2.12. The van der Waals surface area contributed by atoms with Crippen LogP contribution in [0.3, 0.4) is 0 Å². The minimum absolute atomic E-state index is 0. The van der Waals surface area contributed by atoms with Gasteiger partial charge in [-0.25, -0.2) is 0 Å². The van der Waals surface area contributed by atoms with Crippen LogP contribution < -0.4 is 5.73 Å². The zero-order valence-electron chi connectivity index (χ0n) is 7.34. The lowest BCUT2D eigenvalue weighted by Crippen LogP contribution is -2.09. The standard InChI is InChI=1S/C9H10N2O2.ClH/c10-5-4-7(11)6-2-1-3-8(12)9(6)13;/h1-3,7,12-13H,4,11H2;1H/t7-;/m0./s1. The predicted molar refractivity (Wildman–Crippen MR) is 54.2 cm³/mol. The quantitative estimate of drug-likeness (QED) is 0.650. The smallest absolute Gasteiger partial charge is 0.162 e. The van der Waals surface area contributed by atoms with Crippen molar-refractivity contribution >= 4 is 12.4 Å². The van der Waals surface area contributed by atoms with Crippen LogP contribution in [0.2, 0.25) is 0 Å². The van der Waals surface area contributed by atoms with E-state index in [1.54, 1.807) is 12.1 Å². The molecule has 0 aliphatic carbocycles. The molecule has 1 atom stereocenters. The number of para-hydroxylation sites is 1. The number of hydrogen-bond acceptors (Lipinski definition) is 4. The Labute approximate surface area is 88.0 Å². The molecular weight excluding hydrogens is 204 g/mol. The Morgan fingerprint density at radius 2 is 2.07 bits per heavy atom. The van der Waals surface area contributed by atoms with E-state index in [2.05, 4.69) is 0 Å². The molecule has 0 spiro atoms. The van der Waals surface area contributed by atoms with Crippen molar-refractivity contribution in [1.82, 2.24) is 0 Å². The fourth-order valence-corrected chi connectivity index (χ4v) is 1.06. The van der Waals surface area contributed by atoms with Crippen LogP contribution in [0.25, 0.3) is 0 Å². The molecule has 76 valence electrons. The first kappa shape index (κ1) is 12.6. The van der Waals surface area contributed by atoms with Crippen molar-refractivity contribution in [2.24, 2.45) is 5.73 Å². The predicted octanol–water partition coefficient (Wildman–Crippen LogP) is 1.43. The molecular formula is C9H11ClN2O2. The molecule has 0 aromatic heterocycles. The molecule has 0 amide bonds. The van der Waals surface area contributed by atoms with Crippen LogP contribution in [0.15, 0.2) is 18.2 Å². The van der Waals surface area contributed by atoms with Crippen LogP contribution in [-0.2, 0) is 0 Å². The second-order valence-corrected chi connectivity index (χ2v) is 2.68. The second-order valence-electron chi connectivity index (χ2n) is 2.68. The topological polar surface area (TPSA) is 90.3 Å². The Balaban J connectivity index is 0.00000169. The minimum Gasteiger partial charge on any atom is -0.504 e. The molecule has 1 aromatic rings. The molecule has 0 radical (unpaired) electrons. The van der Waals surface area contributed by atoms with Crippen molar-refractivity contribution in [3.8, 4) is 17.6 Å². The van der Waals surface area contributed by atoms with Gasteiger partial charge in [-0.1, -0.05) is 12.1 Å². The number of halogens is 1. The fraction of sp³-hybridized carbons (Fsp3) is 0.222. The molecule has 0 saturated heterocycles. The Morgan fingerprint density at radius 3 is 2.64 bits per heavy atom. The molecule has 14 heavy (non-hydrogen) atoms. The molecule has 5 heteroatoms. The van der Waals surface area contributed by atoms with Crippen LogP contribution in [0.4, 0.5) is 0 Å². The van der Waals surface area contributed by atoms with Crippen LogP contribution in [0, 0.1) is 11.3 Å². The van der Waals surface area contributed by atoms with Gasteiger partial charge in [0, 0.05) is 11.6 Å². The van der Waals surface area contributed by atoms with Crippen LogP contribution in [-0.4, -0.2) is 10.2 Å². The Bertz CT molecular complexity index is 349. The SMILES string of the molecule is Cl.N#CC[C@H](N)c1cccc(O)c1O. The van der Waals surface area contributed by atoms with Crippen LogP contribution in [0.5, 0.6) is 11.5 Å². The summed E-state index contributed by atoms with van der Waals surface area (Å²) in [5.41, 5.74) is 5.97. The van der Waals surface area contributed by atoms with E-state index in [0.29, 0.717) is 5.56 Å². The molecule has 4 N–H and O–H groups in total. The Kier molecular flexibility index (Phi) is 4.78. The monoisotopic (exact) mass is 214 g/mol. The van der Waals surface area contributed by atoms with Gasteiger partial charge in [0.05, 0.1) is 12.5 Å². The molecule has 0 heterocycles. The number of aromatic hydroxyl groups is 2. The minimum atomic E-state index is -0.558. The van der Waals surface area contributed by atoms with Gasteiger partial charge in [-0.05, 0) is 6.07 Å². The van der Waals surface area contributed by atoms with Gasteiger partial charge in [0.15, 0.2) is 11.5 Å². The number of nitriles is 1. The summed E-state index contributed by atoms with van der Waals surface area (Å²) in [5.74, 6) is -0.462. The highest BCUT2D eigenvalue weighted by Crippen LogP contribution is 2.32. The molecule has 4 nitrogen and oxygen atoms in total. The number of phenolic OH excluding ortho intramolecular Hbond substituents is 2. The average molecular weight is 215 g/mol. The number of rotatable bonds is 2. The Hall–Kier alpha value is -1.44. The third-order valence-corrected chi connectivity index (χ3v) is 1.76. The maximum absolute atomic E-state index is 9.36. The lowest BCUT2D eigenvalue weighted by molar-refractivity contribution is 0.396. The van der Waals surface area contributed by atoms with Gasteiger partial charge >= 0.3 is 0 Å². The summed E-state index contributed by atoms with van der Waals surface area (Å²) in [6.07, 6.45) is 0.108. The van der Waals surface area contributed by atoms with Gasteiger partial charge < -0.3 is 15.9 Å². The molecule has 0 fully saturated rings. The van der Waals surface area contributed by atoms with Gasteiger partial charge in [-0.2, -0.15) is 5.26 Å². The summed E-state index contributed by atoms with van der Waals surface area (Å²) in [6, 6.07) is 5.85. The van der Waals surface area contributed by atoms with Crippen LogP contribution in [0.1, 0.15) is 18.0 Å². The van der Waals surface area contributed by atoms with E-state index in [9.17, 15) is 5.11 Å². The summed E-state index contributed by atoms with van der Waals surface area (Å²) in [4.78, 5) is 0. The van der Waals surface area contributed by atoms with Crippen molar-refractivity contribution in [2.75, 3.05) is 0 Å². The van der Waals surface area contributed by atoms with Gasteiger partial charge in [-0.3, -0.25) is 0 Å². The number of hydrogen-bond donors (Lipinski definition) is 3. The maximum atomic E-state index is 9.36. The van der Waals surface area contributed by atoms with Gasteiger partial charge in [-0.15, -0.1) is 12.4 Å². The Morgan fingerprint density at radius 1 is 1.43 bits per heavy atom. The third-order valence-electron chi connectivity index (χ3n) is 1.76. The van der Waals surface area contributed by atoms with Gasteiger partial charge in [0.1, 0.15) is 0 Å². The van der Waals surface area contributed by atoms with E-state index in [4.69, 9.17) is 16.1 Å². The van der Waals surface area contributed by atoms with Crippen molar-refractivity contribution in [3.63, 3.8) is 0 Å². The molecule has 1 aromatic carbocycles. The van der Waals surface area contributed by atoms with Crippen molar-refractivity contribution in [1.29, 1.82) is 5.26 Å². The van der Waals surface area contributed by atoms with E-state index < -0.39 is 6.04 Å². The molecule has 0 bridgehead atoms. The van der Waals surface area contributed by atoms with E-state index in [1.165, 1.54) is 6.07 Å². The number of phenols is 2. The maximum Gasteiger partial charge on any atom is 0.162 e. The molecule has 0 unspecified atom stereocenters. The van der Waals surface area contributed by atoms with E-state index in [0.717, 1.165) is 0 Å². The van der Waals surface area contributed by atoms with Gasteiger partial charge in [0.2, 0.25) is 0 Å². The van der Waals surface area contributed by atoms with Crippen molar-refractivity contribution in [3.05, 3.63) is 23.8 Å². The number of benzene rings is 1. The van der Waals surface area contributed by atoms with Crippen molar-refractivity contribution < 1.29 is 10.2 Å². The highest BCUT2D eigenvalue weighted by atomic mass is 35.5. The summed E-state index contributed by atoms with van der Waals surface area (Å²) in [5, 5.41) is 26.9. The molecule has 1 rings (SSSR count). The highest BCUT2D eigenvalue weighted by molar-refractivity contribution is 5.85. The van der Waals surface area contributed by atoms with E-state index in [1.807, 2.05) is 6.07 Å². The zero-order chi connectivity index (χ0) is 9.84. The lowest BCUT2D eigenvalue weighted by atomic mass is 10.0. The first-order valence-corrected chi connectivity index (χ1v) is 3.80. The number of nitrogens with zero attached hydrogens (tertiary/aromatic N) is 1. The fourth-order valence-electron chi connectivity index (χ4n) is 1.06. The van der Waals surface area contributed by atoms with Crippen LogP contribution >= 0.6 is 12.4 Å². The summed E-state index contributed by atoms with van der Waals surface area (Å²) in [7, 11) is 0. The summed E-state index contributed by atoms with van der Waals surface area (Å²) in [6.45, 7) is 0. The van der Waals surface area contributed by atoms with E-state index >= 15 is 0 Å². The molecule has 0 aliphatic heterocycles. The number of nitrogens with two attached hydrogens (primary N) is 1. The molecule has 0 saturated carbocycles. The van der Waals surface area contributed by atoms with Crippen molar-refractivity contribution in [2.45, 2.75) is 12.5 Å². The average Bonchev–Trinajstić information content (AvgIpc) is 2.10.